The topological polar surface area (TPSA) is 92.4 Å². The normalized spacial score (nSPS) is 15.3. The van der Waals surface area contributed by atoms with E-state index in [1.807, 2.05) is 0 Å². The Kier molecular flexibility index (Phi) is 3.62. The molecule has 1 saturated carbocycles. The number of oxazole rings is 1. The van der Waals surface area contributed by atoms with Gasteiger partial charge in [-0.05, 0) is 37.1 Å². The summed E-state index contributed by atoms with van der Waals surface area (Å²) in [5, 5.41) is 12.2. The van der Waals surface area contributed by atoms with Gasteiger partial charge in [-0.25, -0.2) is 9.78 Å². The lowest BCUT2D eigenvalue weighted by atomic mass is 10.2. The Bertz CT molecular complexity index is 719. The first-order chi connectivity index (χ1) is 10.5. The summed E-state index contributed by atoms with van der Waals surface area (Å²) in [6.45, 7) is 0. The third kappa shape index (κ3) is 2.96. The summed E-state index contributed by atoms with van der Waals surface area (Å²) < 4.78 is 5.33. The molecule has 1 aliphatic carbocycles. The van der Waals surface area contributed by atoms with Crippen LogP contribution in [0.15, 0.2) is 34.9 Å². The van der Waals surface area contributed by atoms with E-state index in [0.29, 0.717) is 29.4 Å². The van der Waals surface area contributed by atoms with Crippen molar-refractivity contribution in [2.75, 3.05) is 0 Å². The number of aromatic nitrogens is 1. The molecule has 2 aromatic rings. The quantitative estimate of drug-likeness (QED) is 0.881. The van der Waals surface area contributed by atoms with E-state index in [4.69, 9.17) is 21.1 Å². The number of carbonyl (C=O) groups is 2. The van der Waals surface area contributed by atoms with Crippen molar-refractivity contribution in [2.24, 2.45) is 0 Å². The number of hydrogen-bond donors (Lipinski definition) is 2. The van der Waals surface area contributed by atoms with Crippen molar-refractivity contribution in [3.63, 3.8) is 0 Å². The molecule has 1 aliphatic rings. The summed E-state index contributed by atoms with van der Waals surface area (Å²) in [6, 6.07) is 6.97. The molecule has 1 fully saturated rings. The Morgan fingerprint density at radius 1 is 1.32 bits per heavy atom. The van der Waals surface area contributed by atoms with Crippen molar-refractivity contribution in [1.29, 1.82) is 0 Å². The Hall–Kier alpha value is -2.34. The Balaban J connectivity index is 1.65. The van der Waals surface area contributed by atoms with Gasteiger partial charge in [-0.3, -0.25) is 4.79 Å². The van der Waals surface area contributed by atoms with E-state index in [1.54, 1.807) is 24.3 Å². The molecule has 1 aromatic heterocycles. The summed E-state index contributed by atoms with van der Waals surface area (Å²) in [4.78, 5) is 27.1. The molecule has 1 heterocycles. The lowest BCUT2D eigenvalue weighted by Gasteiger charge is -2.11. The molecule has 22 heavy (non-hydrogen) atoms. The molecule has 1 amide bonds. The minimum absolute atomic E-state index is 0.0217. The number of hydrogen-bond acceptors (Lipinski definition) is 4. The number of benzene rings is 1. The van der Waals surface area contributed by atoms with E-state index in [1.165, 1.54) is 6.26 Å². The first-order valence-corrected chi connectivity index (χ1v) is 7.11. The van der Waals surface area contributed by atoms with Crippen LogP contribution in [-0.4, -0.2) is 27.5 Å². The molecule has 3 rings (SSSR count). The second kappa shape index (κ2) is 5.46. The van der Waals surface area contributed by atoms with Gasteiger partial charge in [0.2, 0.25) is 11.8 Å². The molecule has 0 unspecified atom stereocenters. The predicted octanol–water partition coefficient (Wildman–Crippen LogP) is 2.27. The predicted molar refractivity (Wildman–Crippen MR) is 78.4 cm³/mol. The molecular formula is C15H13ClN2O4. The Morgan fingerprint density at radius 2 is 2.00 bits per heavy atom. The smallest absolute Gasteiger partial charge is 0.329 e. The summed E-state index contributed by atoms with van der Waals surface area (Å²) in [5.41, 5.74) is 0.115. The molecule has 7 heteroatoms. The van der Waals surface area contributed by atoms with Gasteiger partial charge in [0, 0.05) is 10.6 Å². The van der Waals surface area contributed by atoms with Crippen molar-refractivity contribution in [2.45, 2.75) is 24.8 Å². The molecule has 2 N–H and O–H groups in total. The molecule has 114 valence electrons. The van der Waals surface area contributed by atoms with Gasteiger partial charge in [-0.15, -0.1) is 0 Å². The molecule has 0 radical (unpaired) electrons. The fourth-order valence-corrected chi connectivity index (χ4v) is 2.23. The Labute approximate surface area is 131 Å². The largest absolute Gasteiger partial charge is 0.480 e. The number of halogens is 1. The summed E-state index contributed by atoms with van der Waals surface area (Å²) in [5.74, 6) is -0.988. The molecule has 6 nitrogen and oxygen atoms in total. The van der Waals surface area contributed by atoms with Crippen LogP contribution in [0.5, 0.6) is 0 Å². The summed E-state index contributed by atoms with van der Waals surface area (Å²) in [7, 11) is 0. The van der Waals surface area contributed by atoms with Crippen LogP contribution in [0.25, 0.3) is 11.5 Å². The highest BCUT2D eigenvalue weighted by Crippen LogP contribution is 2.35. The zero-order valence-electron chi connectivity index (χ0n) is 11.5. The highest BCUT2D eigenvalue weighted by Gasteiger charge is 2.51. The number of carboxylic acid groups (broad SMARTS) is 1. The van der Waals surface area contributed by atoms with Crippen LogP contribution in [-0.2, 0) is 16.0 Å². The molecule has 1 aromatic carbocycles. The van der Waals surface area contributed by atoms with E-state index in [9.17, 15) is 9.59 Å². The lowest BCUT2D eigenvalue weighted by Crippen LogP contribution is -2.43. The van der Waals surface area contributed by atoms with Crippen LogP contribution in [0.1, 0.15) is 18.5 Å². The standard InChI is InChI=1S/C15H13ClN2O4/c16-10-3-1-9(2-4-10)13-17-11(8-22-13)7-12(19)18-15(5-6-15)14(20)21/h1-4,8H,5-7H2,(H,18,19)(H,20,21). The van der Waals surface area contributed by atoms with Gasteiger partial charge in [0.05, 0.1) is 12.1 Å². The van der Waals surface area contributed by atoms with Gasteiger partial charge in [-0.2, -0.15) is 0 Å². The van der Waals surface area contributed by atoms with Gasteiger partial charge in [0.15, 0.2) is 0 Å². The van der Waals surface area contributed by atoms with E-state index < -0.39 is 11.5 Å². The fourth-order valence-electron chi connectivity index (χ4n) is 2.11. The second-order valence-corrected chi connectivity index (χ2v) is 5.70. The maximum absolute atomic E-state index is 11.9. The van der Waals surface area contributed by atoms with Crippen LogP contribution < -0.4 is 5.32 Å². The minimum Gasteiger partial charge on any atom is -0.480 e. The minimum atomic E-state index is -1.08. The number of amides is 1. The van der Waals surface area contributed by atoms with Gasteiger partial charge in [0.25, 0.3) is 0 Å². The van der Waals surface area contributed by atoms with Crippen molar-refractivity contribution in [1.82, 2.24) is 10.3 Å². The molecular weight excluding hydrogens is 308 g/mol. The third-order valence-electron chi connectivity index (χ3n) is 3.52. The average molecular weight is 321 g/mol. The molecule has 0 saturated heterocycles. The number of nitrogens with one attached hydrogen (secondary N) is 1. The number of rotatable bonds is 5. The number of carboxylic acids is 1. The maximum atomic E-state index is 11.9. The highest BCUT2D eigenvalue weighted by molar-refractivity contribution is 6.30. The van der Waals surface area contributed by atoms with E-state index >= 15 is 0 Å². The first-order valence-electron chi connectivity index (χ1n) is 6.73. The monoisotopic (exact) mass is 320 g/mol. The fraction of sp³-hybridized carbons (Fsp3) is 0.267. The van der Waals surface area contributed by atoms with Crippen molar-refractivity contribution >= 4 is 23.5 Å². The highest BCUT2D eigenvalue weighted by atomic mass is 35.5. The van der Waals surface area contributed by atoms with Crippen LogP contribution in [0.2, 0.25) is 5.02 Å². The Morgan fingerprint density at radius 3 is 2.59 bits per heavy atom. The number of aliphatic carboxylic acids is 1. The van der Waals surface area contributed by atoms with Crippen molar-refractivity contribution in [3.05, 3.63) is 41.2 Å². The molecule has 0 spiro atoms. The van der Waals surface area contributed by atoms with Gasteiger partial charge in [-0.1, -0.05) is 11.6 Å². The maximum Gasteiger partial charge on any atom is 0.329 e. The molecule has 0 bridgehead atoms. The van der Waals surface area contributed by atoms with Gasteiger partial charge >= 0.3 is 5.97 Å². The molecule has 0 atom stereocenters. The van der Waals surface area contributed by atoms with Crippen LogP contribution in [0.4, 0.5) is 0 Å². The zero-order valence-corrected chi connectivity index (χ0v) is 12.3. The third-order valence-corrected chi connectivity index (χ3v) is 3.77. The summed E-state index contributed by atoms with van der Waals surface area (Å²) in [6.07, 6.45) is 2.29. The van der Waals surface area contributed by atoms with Crippen molar-refractivity contribution < 1.29 is 19.1 Å². The number of nitrogens with zero attached hydrogens (tertiary/aromatic N) is 1. The van der Waals surface area contributed by atoms with Crippen molar-refractivity contribution in [3.8, 4) is 11.5 Å². The van der Waals surface area contributed by atoms with Gasteiger partial charge < -0.3 is 14.8 Å². The second-order valence-electron chi connectivity index (χ2n) is 5.26. The molecule has 0 aliphatic heterocycles. The number of carbonyl (C=O) groups excluding carboxylic acids is 1. The first kappa shape index (κ1) is 14.6. The van der Waals surface area contributed by atoms with Crippen LogP contribution >= 0.6 is 11.6 Å². The summed E-state index contributed by atoms with van der Waals surface area (Å²) >= 11 is 5.81. The SMILES string of the molecule is O=C(Cc1coc(-c2ccc(Cl)cc2)n1)NC1(C(=O)O)CC1. The van der Waals surface area contributed by atoms with Gasteiger partial charge in [0.1, 0.15) is 11.8 Å². The van der Waals surface area contributed by atoms with E-state index in [0.717, 1.165) is 5.56 Å². The van der Waals surface area contributed by atoms with Crippen LogP contribution in [0, 0.1) is 0 Å². The zero-order chi connectivity index (χ0) is 15.7. The van der Waals surface area contributed by atoms with E-state index in [-0.39, 0.29) is 12.3 Å². The van der Waals surface area contributed by atoms with Crippen LogP contribution in [0.3, 0.4) is 0 Å². The van der Waals surface area contributed by atoms with E-state index in [2.05, 4.69) is 10.3 Å². The average Bonchev–Trinajstić information content (AvgIpc) is 3.11. The lowest BCUT2D eigenvalue weighted by molar-refractivity contribution is -0.143.